The van der Waals surface area contributed by atoms with Crippen molar-refractivity contribution in [2.24, 2.45) is 0 Å². The second-order valence-corrected chi connectivity index (χ2v) is 12.0. The molecule has 0 fully saturated rings. The number of benzene rings is 6. The first-order chi connectivity index (χ1) is 20.8. The first-order valence-electron chi connectivity index (χ1n) is 13.6. The topological polar surface area (TPSA) is 51.6 Å². The second kappa shape index (κ2) is 10.4. The van der Waals surface area contributed by atoms with Crippen LogP contribution in [0.2, 0.25) is 0 Å². The Kier molecular flexibility index (Phi) is 6.13. The highest BCUT2D eigenvalue weighted by atomic mass is 32.1. The van der Waals surface area contributed by atoms with E-state index in [1.54, 1.807) is 22.7 Å². The molecule has 42 heavy (non-hydrogen) atoms. The lowest BCUT2D eigenvalue weighted by Crippen LogP contribution is -1.82. The van der Waals surface area contributed by atoms with Gasteiger partial charge in [0.25, 0.3) is 0 Å². The molecule has 8 aromatic rings. The lowest BCUT2D eigenvalue weighted by Gasteiger charge is -2.04. The van der Waals surface area contributed by atoms with E-state index in [0.717, 1.165) is 53.4 Å². The molecule has 0 atom stereocenters. The molecule has 0 aliphatic carbocycles. The summed E-state index contributed by atoms with van der Waals surface area (Å²) in [5.41, 5.74) is 6.67. The summed E-state index contributed by atoms with van der Waals surface area (Å²) in [6.07, 6.45) is 0. The van der Waals surface area contributed by atoms with Crippen LogP contribution in [0.3, 0.4) is 0 Å². The lowest BCUT2D eigenvalue weighted by atomic mass is 10.0. The molecule has 0 aliphatic rings. The van der Waals surface area contributed by atoms with E-state index >= 15 is 0 Å². The molecule has 0 aliphatic heterocycles. The van der Waals surface area contributed by atoms with Crippen molar-refractivity contribution in [3.8, 4) is 53.4 Å². The van der Waals surface area contributed by atoms with Gasteiger partial charge >= 0.3 is 0 Å². The third-order valence-electron chi connectivity index (χ3n) is 7.49. The molecule has 0 spiro atoms. The van der Waals surface area contributed by atoms with Gasteiger partial charge in [0, 0.05) is 22.3 Å². The van der Waals surface area contributed by atoms with Crippen LogP contribution in [0.1, 0.15) is 0 Å². The molecule has 0 unspecified atom stereocenters. The van der Waals surface area contributed by atoms with Gasteiger partial charge in [-0.15, -0.1) is 20.4 Å². The summed E-state index contributed by atoms with van der Waals surface area (Å²) in [5, 5.41) is 26.6. The Morgan fingerprint density at radius 1 is 0.310 bits per heavy atom. The molecule has 0 saturated heterocycles. The van der Waals surface area contributed by atoms with Crippen LogP contribution < -0.4 is 0 Å². The van der Waals surface area contributed by atoms with Crippen molar-refractivity contribution in [3.63, 3.8) is 0 Å². The van der Waals surface area contributed by atoms with E-state index in [2.05, 4.69) is 154 Å². The molecule has 6 heteroatoms. The van der Waals surface area contributed by atoms with E-state index in [0.29, 0.717) is 0 Å². The third kappa shape index (κ3) is 4.47. The molecule has 198 valence electrons. The summed E-state index contributed by atoms with van der Waals surface area (Å²) >= 11 is 3.24. The normalized spacial score (nSPS) is 11.3. The van der Waals surface area contributed by atoms with E-state index in [9.17, 15) is 0 Å². The quantitative estimate of drug-likeness (QED) is 0.205. The SMILES string of the molecule is c1ccc2c(-c3nnc(-c4ccc(-c5ccc(-c6nnc(-c7cccc8ccccc78)s6)cc5)cc4)s3)cccc2c1. The minimum Gasteiger partial charge on any atom is -0.138 e. The maximum absolute atomic E-state index is 4.53. The molecular weight excluding hydrogens is 553 g/mol. The van der Waals surface area contributed by atoms with Gasteiger partial charge in [-0.1, -0.05) is 156 Å². The van der Waals surface area contributed by atoms with Gasteiger partial charge < -0.3 is 0 Å². The smallest absolute Gasteiger partial charge is 0.138 e. The van der Waals surface area contributed by atoms with Gasteiger partial charge in [-0.2, -0.15) is 0 Å². The highest BCUT2D eigenvalue weighted by molar-refractivity contribution is 7.18. The molecular formula is C36H22N4S2. The highest BCUT2D eigenvalue weighted by Crippen LogP contribution is 2.36. The Labute approximate surface area is 250 Å². The molecule has 8 rings (SSSR count). The van der Waals surface area contributed by atoms with Crippen LogP contribution in [-0.2, 0) is 0 Å². The zero-order valence-corrected chi connectivity index (χ0v) is 23.9. The Bertz CT molecular complexity index is 2030. The summed E-state index contributed by atoms with van der Waals surface area (Å²) < 4.78 is 0. The number of aromatic nitrogens is 4. The Morgan fingerprint density at radius 3 is 1.12 bits per heavy atom. The minimum atomic E-state index is 0.915. The Balaban J connectivity index is 1.03. The average Bonchev–Trinajstić information content (AvgIpc) is 3.76. The summed E-state index contributed by atoms with van der Waals surface area (Å²) in [7, 11) is 0. The minimum absolute atomic E-state index is 0.915. The number of fused-ring (bicyclic) bond motifs is 2. The van der Waals surface area contributed by atoms with Crippen LogP contribution in [0.25, 0.3) is 75.0 Å². The van der Waals surface area contributed by atoms with Gasteiger partial charge in [0.1, 0.15) is 20.0 Å². The first-order valence-corrected chi connectivity index (χ1v) is 15.3. The van der Waals surface area contributed by atoms with Crippen molar-refractivity contribution in [1.29, 1.82) is 0 Å². The maximum atomic E-state index is 4.53. The van der Waals surface area contributed by atoms with Gasteiger partial charge in [-0.05, 0) is 32.7 Å². The van der Waals surface area contributed by atoms with Crippen LogP contribution in [-0.4, -0.2) is 20.4 Å². The van der Waals surface area contributed by atoms with Crippen molar-refractivity contribution >= 4 is 44.2 Å². The summed E-state index contributed by atoms with van der Waals surface area (Å²) in [4.78, 5) is 0. The van der Waals surface area contributed by atoms with Crippen LogP contribution >= 0.6 is 22.7 Å². The van der Waals surface area contributed by atoms with Gasteiger partial charge in [0.05, 0.1) is 0 Å². The number of rotatable bonds is 5. The van der Waals surface area contributed by atoms with Gasteiger partial charge in [0.15, 0.2) is 0 Å². The van der Waals surface area contributed by atoms with Crippen molar-refractivity contribution in [2.75, 3.05) is 0 Å². The van der Waals surface area contributed by atoms with Crippen molar-refractivity contribution in [2.45, 2.75) is 0 Å². The zero-order valence-electron chi connectivity index (χ0n) is 22.3. The molecule has 0 amide bonds. The summed E-state index contributed by atoms with van der Waals surface area (Å²) in [6.45, 7) is 0. The van der Waals surface area contributed by atoms with Crippen LogP contribution in [0, 0.1) is 0 Å². The predicted molar refractivity (Wildman–Crippen MR) is 176 cm³/mol. The van der Waals surface area contributed by atoms with Crippen LogP contribution in [0.4, 0.5) is 0 Å². The van der Waals surface area contributed by atoms with Crippen LogP contribution in [0.5, 0.6) is 0 Å². The molecule has 0 saturated carbocycles. The maximum Gasteiger partial charge on any atom is 0.148 e. The summed E-state index contributed by atoms with van der Waals surface area (Å²) in [6, 6.07) is 46.5. The monoisotopic (exact) mass is 574 g/mol. The Morgan fingerprint density at radius 2 is 0.667 bits per heavy atom. The third-order valence-corrected chi connectivity index (χ3v) is 9.50. The van der Waals surface area contributed by atoms with E-state index < -0.39 is 0 Å². The standard InChI is InChI=1S/C36H22N4S2/c1-3-11-29-25(7-1)9-5-13-31(29)35-39-37-33(41-35)27-19-15-23(16-20-27)24-17-21-28(22-18-24)34-38-40-36(42-34)32-14-6-10-26-8-2-4-12-30(26)32/h1-22H. The van der Waals surface area contributed by atoms with Gasteiger partial charge in [-0.25, -0.2) is 0 Å². The van der Waals surface area contributed by atoms with E-state index in [1.807, 2.05) is 0 Å². The molecule has 0 bridgehead atoms. The van der Waals surface area contributed by atoms with Gasteiger partial charge in [-0.3, -0.25) is 0 Å². The molecule has 0 N–H and O–H groups in total. The lowest BCUT2D eigenvalue weighted by molar-refractivity contribution is 1.10. The largest absolute Gasteiger partial charge is 0.148 e. The zero-order chi connectivity index (χ0) is 27.9. The highest BCUT2D eigenvalue weighted by Gasteiger charge is 2.13. The van der Waals surface area contributed by atoms with E-state index in [-0.39, 0.29) is 0 Å². The molecule has 6 aromatic carbocycles. The predicted octanol–water partition coefficient (Wildman–Crippen LogP) is 10.0. The number of nitrogens with zero attached hydrogens (tertiary/aromatic N) is 4. The van der Waals surface area contributed by atoms with E-state index in [4.69, 9.17) is 0 Å². The fraction of sp³-hybridized carbons (Fsp3) is 0. The summed E-state index contributed by atoms with van der Waals surface area (Å²) in [5.74, 6) is 0. The second-order valence-electron chi connectivity index (χ2n) is 10.0. The molecule has 2 heterocycles. The van der Waals surface area contributed by atoms with Crippen molar-refractivity contribution in [3.05, 3.63) is 133 Å². The van der Waals surface area contributed by atoms with E-state index in [1.165, 1.54) is 21.5 Å². The molecule has 2 aromatic heterocycles. The van der Waals surface area contributed by atoms with Crippen LogP contribution in [0.15, 0.2) is 133 Å². The Hall–Kier alpha value is -5.04. The average molecular weight is 575 g/mol. The number of hydrogen-bond donors (Lipinski definition) is 0. The fourth-order valence-corrected chi connectivity index (χ4v) is 7.11. The van der Waals surface area contributed by atoms with Crippen molar-refractivity contribution in [1.82, 2.24) is 20.4 Å². The first kappa shape index (κ1) is 24.7. The molecule has 0 radical (unpaired) electrons. The van der Waals surface area contributed by atoms with Gasteiger partial charge in [0.2, 0.25) is 0 Å². The molecule has 4 nitrogen and oxygen atoms in total. The fourth-order valence-electron chi connectivity index (χ4n) is 5.33. The number of hydrogen-bond acceptors (Lipinski definition) is 6. The van der Waals surface area contributed by atoms with Crippen molar-refractivity contribution < 1.29 is 0 Å².